The maximum atomic E-state index is 13.7. The average molecular weight is 364 g/mol. The van der Waals surface area contributed by atoms with Gasteiger partial charge in [0.2, 0.25) is 5.88 Å². The van der Waals surface area contributed by atoms with E-state index in [1.807, 2.05) is 30.3 Å². The Kier molecular flexibility index (Phi) is 4.57. The lowest BCUT2D eigenvalue weighted by molar-refractivity contribution is 0.292. The summed E-state index contributed by atoms with van der Waals surface area (Å²) in [6.07, 6.45) is 4.59. The molecule has 0 aliphatic heterocycles. The summed E-state index contributed by atoms with van der Waals surface area (Å²) in [7, 11) is 0. The summed E-state index contributed by atoms with van der Waals surface area (Å²) in [5.41, 5.74) is 1.94. The van der Waals surface area contributed by atoms with E-state index in [1.54, 1.807) is 6.07 Å². The standard InChI is InChI=1S/C20H14F2N4O/c21-16-7-6-15(10-17(16)22)18-11-20(27-13-14-4-2-1-3-5-14)25-26(18)19-12-23-8-9-24-19/h1-12H,13H2. The first-order valence-corrected chi connectivity index (χ1v) is 8.19. The SMILES string of the molecule is Fc1ccc(-c2cc(OCc3ccccc3)nn2-c2cnccn2)cc1F. The summed E-state index contributed by atoms with van der Waals surface area (Å²) >= 11 is 0. The Balaban J connectivity index is 1.72. The maximum absolute atomic E-state index is 13.7. The number of hydrogen-bond acceptors (Lipinski definition) is 4. The molecule has 134 valence electrons. The Labute approximate surface area is 153 Å². The van der Waals surface area contributed by atoms with Crippen LogP contribution >= 0.6 is 0 Å². The van der Waals surface area contributed by atoms with Crippen molar-refractivity contribution in [1.82, 2.24) is 19.7 Å². The van der Waals surface area contributed by atoms with Crippen LogP contribution in [0.25, 0.3) is 17.1 Å². The third-order valence-electron chi connectivity index (χ3n) is 3.90. The zero-order chi connectivity index (χ0) is 18.6. The summed E-state index contributed by atoms with van der Waals surface area (Å²) in [4.78, 5) is 8.25. The normalized spacial score (nSPS) is 10.7. The highest BCUT2D eigenvalue weighted by atomic mass is 19.2. The lowest BCUT2D eigenvalue weighted by Gasteiger charge is -2.06. The maximum Gasteiger partial charge on any atom is 0.234 e. The molecule has 0 N–H and O–H groups in total. The molecule has 27 heavy (non-hydrogen) atoms. The van der Waals surface area contributed by atoms with E-state index in [1.165, 1.54) is 29.3 Å². The van der Waals surface area contributed by atoms with Gasteiger partial charge in [-0.05, 0) is 23.8 Å². The largest absolute Gasteiger partial charge is 0.472 e. The van der Waals surface area contributed by atoms with Gasteiger partial charge < -0.3 is 4.74 Å². The van der Waals surface area contributed by atoms with E-state index in [2.05, 4.69) is 15.1 Å². The van der Waals surface area contributed by atoms with E-state index in [9.17, 15) is 8.78 Å². The van der Waals surface area contributed by atoms with Crippen molar-refractivity contribution >= 4 is 0 Å². The van der Waals surface area contributed by atoms with Gasteiger partial charge in [-0.3, -0.25) is 4.98 Å². The molecule has 0 radical (unpaired) electrons. The summed E-state index contributed by atoms with van der Waals surface area (Å²) in [6.45, 7) is 0.329. The van der Waals surface area contributed by atoms with Gasteiger partial charge in [0.25, 0.3) is 0 Å². The lowest BCUT2D eigenvalue weighted by atomic mass is 10.1. The number of halogens is 2. The molecule has 4 rings (SSSR count). The van der Waals surface area contributed by atoms with E-state index < -0.39 is 11.6 Å². The van der Waals surface area contributed by atoms with Gasteiger partial charge in [0.15, 0.2) is 17.5 Å². The molecule has 0 saturated heterocycles. The molecule has 4 aromatic rings. The lowest BCUT2D eigenvalue weighted by Crippen LogP contribution is -2.03. The minimum absolute atomic E-state index is 0.329. The Morgan fingerprint density at radius 2 is 1.78 bits per heavy atom. The smallest absolute Gasteiger partial charge is 0.234 e. The van der Waals surface area contributed by atoms with Crippen molar-refractivity contribution < 1.29 is 13.5 Å². The molecule has 0 unspecified atom stereocenters. The van der Waals surface area contributed by atoms with E-state index in [-0.39, 0.29) is 0 Å². The quantitative estimate of drug-likeness (QED) is 0.533. The molecule has 0 amide bonds. The number of hydrogen-bond donors (Lipinski definition) is 0. The van der Waals surface area contributed by atoms with Crippen LogP contribution in [-0.2, 0) is 6.61 Å². The first kappa shape index (κ1) is 16.8. The Bertz CT molecular complexity index is 1050. The number of aromatic nitrogens is 4. The first-order valence-electron chi connectivity index (χ1n) is 8.19. The van der Waals surface area contributed by atoms with Crippen molar-refractivity contribution in [3.8, 4) is 23.0 Å². The van der Waals surface area contributed by atoms with Crippen LogP contribution in [0, 0.1) is 11.6 Å². The Morgan fingerprint density at radius 3 is 2.52 bits per heavy atom. The van der Waals surface area contributed by atoms with Crippen LogP contribution in [-0.4, -0.2) is 19.7 Å². The molecular weight excluding hydrogens is 350 g/mol. The van der Waals surface area contributed by atoms with Crippen LogP contribution in [0.15, 0.2) is 73.2 Å². The monoisotopic (exact) mass is 364 g/mol. The number of nitrogens with zero attached hydrogens (tertiary/aromatic N) is 4. The molecule has 5 nitrogen and oxygen atoms in total. The highest BCUT2D eigenvalue weighted by molar-refractivity contribution is 5.63. The molecule has 0 atom stereocenters. The van der Waals surface area contributed by atoms with Gasteiger partial charge in [0.1, 0.15) is 6.61 Å². The Morgan fingerprint density at radius 1 is 0.926 bits per heavy atom. The van der Waals surface area contributed by atoms with Gasteiger partial charge >= 0.3 is 0 Å². The highest BCUT2D eigenvalue weighted by Crippen LogP contribution is 2.27. The summed E-state index contributed by atoms with van der Waals surface area (Å²) < 4.78 is 34.3. The van der Waals surface area contributed by atoms with Crippen molar-refractivity contribution in [2.75, 3.05) is 0 Å². The third kappa shape index (κ3) is 3.67. The molecule has 0 saturated carbocycles. The van der Waals surface area contributed by atoms with E-state index in [4.69, 9.17) is 4.74 Å². The minimum atomic E-state index is -0.939. The zero-order valence-corrected chi connectivity index (χ0v) is 14.1. The van der Waals surface area contributed by atoms with Crippen LogP contribution in [0.2, 0.25) is 0 Å². The Hall–Kier alpha value is -3.61. The molecule has 2 aromatic heterocycles. The molecule has 7 heteroatoms. The van der Waals surface area contributed by atoms with E-state index in [0.29, 0.717) is 29.6 Å². The van der Waals surface area contributed by atoms with Gasteiger partial charge in [-0.1, -0.05) is 30.3 Å². The highest BCUT2D eigenvalue weighted by Gasteiger charge is 2.15. The predicted molar refractivity (Wildman–Crippen MR) is 95.3 cm³/mol. The van der Waals surface area contributed by atoms with Crippen LogP contribution in [0.3, 0.4) is 0 Å². The van der Waals surface area contributed by atoms with Crippen molar-refractivity contribution in [3.63, 3.8) is 0 Å². The fraction of sp³-hybridized carbons (Fsp3) is 0.0500. The van der Waals surface area contributed by atoms with Crippen molar-refractivity contribution in [1.29, 1.82) is 0 Å². The summed E-state index contributed by atoms with van der Waals surface area (Å²) in [5.74, 6) is -1.08. The number of rotatable bonds is 5. The van der Waals surface area contributed by atoms with Crippen LogP contribution in [0.5, 0.6) is 5.88 Å². The molecule has 0 bridgehead atoms. The first-order chi connectivity index (χ1) is 13.2. The topological polar surface area (TPSA) is 52.8 Å². The third-order valence-corrected chi connectivity index (χ3v) is 3.90. The molecule has 2 aromatic carbocycles. The molecule has 0 aliphatic carbocycles. The van der Waals surface area contributed by atoms with Gasteiger partial charge in [0, 0.05) is 24.0 Å². The minimum Gasteiger partial charge on any atom is -0.472 e. The average Bonchev–Trinajstić information content (AvgIpc) is 3.14. The summed E-state index contributed by atoms with van der Waals surface area (Å²) in [6, 6.07) is 15.0. The number of benzene rings is 2. The van der Waals surface area contributed by atoms with Crippen LogP contribution in [0.1, 0.15) is 5.56 Å². The molecule has 2 heterocycles. The van der Waals surface area contributed by atoms with Gasteiger partial charge in [0.05, 0.1) is 11.9 Å². The molecule has 0 spiro atoms. The van der Waals surface area contributed by atoms with E-state index >= 15 is 0 Å². The van der Waals surface area contributed by atoms with Gasteiger partial charge in [-0.2, -0.15) is 0 Å². The second-order valence-corrected chi connectivity index (χ2v) is 5.75. The second-order valence-electron chi connectivity index (χ2n) is 5.75. The van der Waals surface area contributed by atoms with E-state index in [0.717, 1.165) is 17.7 Å². The van der Waals surface area contributed by atoms with Crippen LogP contribution < -0.4 is 4.74 Å². The second kappa shape index (κ2) is 7.33. The zero-order valence-electron chi connectivity index (χ0n) is 14.1. The van der Waals surface area contributed by atoms with Crippen LogP contribution in [0.4, 0.5) is 8.78 Å². The van der Waals surface area contributed by atoms with Gasteiger partial charge in [-0.25, -0.2) is 18.4 Å². The van der Waals surface area contributed by atoms with Crippen molar-refractivity contribution in [2.45, 2.75) is 6.61 Å². The number of ether oxygens (including phenoxy) is 1. The molecule has 0 fully saturated rings. The molecule has 0 aliphatic rings. The molecular formula is C20H14F2N4O. The summed E-state index contributed by atoms with van der Waals surface area (Å²) in [5, 5.41) is 4.40. The fourth-order valence-corrected chi connectivity index (χ4v) is 2.60. The predicted octanol–water partition coefficient (Wildman–Crippen LogP) is 4.19. The fourth-order valence-electron chi connectivity index (χ4n) is 2.60. The van der Waals surface area contributed by atoms with Gasteiger partial charge in [-0.15, -0.1) is 5.10 Å². The van der Waals surface area contributed by atoms with Crippen molar-refractivity contribution in [2.24, 2.45) is 0 Å². The van der Waals surface area contributed by atoms with Crippen molar-refractivity contribution in [3.05, 3.63) is 90.4 Å².